The molecule has 0 aliphatic heterocycles. The van der Waals surface area contributed by atoms with E-state index in [1.807, 2.05) is 0 Å². The molecule has 108 valence electrons. The number of carbonyl (C=O) groups excluding carboxylic acids is 1. The van der Waals surface area contributed by atoms with Crippen LogP contribution in [0.15, 0.2) is 45.3 Å². The standard InChI is InChI=1S/C14H8Br2FNO3/c15-10-4-2-8(17)6-9(10)13(19)18-12-5-7(14(20)21)1-3-11(12)16/h1-6H,(H,18,19)(H,20,21). The average molecular weight is 417 g/mol. The molecule has 2 aromatic rings. The molecule has 0 radical (unpaired) electrons. The fraction of sp³-hybridized carbons (Fsp3) is 0. The smallest absolute Gasteiger partial charge is 0.335 e. The van der Waals surface area contributed by atoms with Gasteiger partial charge in [-0.05, 0) is 68.3 Å². The van der Waals surface area contributed by atoms with Crippen LogP contribution in [-0.4, -0.2) is 17.0 Å². The van der Waals surface area contributed by atoms with Gasteiger partial charge >= 0.3 is 5.97 Å². The lowest BCUT2D eigenvalue weighted by Gasteiger charge is -2.09. The minimum absolute atomic E-state index is 0.0341. The highest BCUT2D eigenvalue weighted by Gasteiger charge is 2.14. The molecule has 0 unspecified atom stereocenters. The third kappa shape index (κ3) is 3.68. The van der Waals surface area contributed by atoms with E-state index in [2.05, 4.69) is 37.2 Å². The molecular formula is C14H8Br2FNO3. The van der Waals surface area contributed by atoms with Gasteiger partial charge in [0.25, 0.3) is 5.91 Å². The van der Waals surface area contributed by atoms with Crippen LogP contribution in [0, 0.1) is 5.82 Å². The van der Waals surface area contributed by atoms with Crippen molar-refractivity contribution in [1.82, 2.24) is 0 Å². The minimum atomic E-state index is -1.11. The lowest BCUT2D eigenvalue weighted by Crippen LogP contribution is -2.14. The van der Waals surface area contributed by atoms with Crippen LogP contribution < -0.4 is 5.32 Å². The van der Waals surface area contributed by atoms with Crippen molar-refractivity contribution in [3.05, 3.63) is 62.3 Å². The highest BCUT2D eigenvalue weighted by molar-refractivity contribution is 9.11. The molecule has 0 saturated heterocycles. The third-order valence-corrected chi connectivity index (χ3v) is 4.02. The summed E-state index contributed by atoms with van der Waals surface area (Å²) in [6.07, 6.45) is 0. The van der Waals surface area contributed by atoms with Crippen molar-refractivity contribution in [2.75, 3.05) is 5.32 Å². The zero-order valence-corrected chi connectivity index (χ0v) is 13.5. The predicted octanol–water partition coefficient (Wildman–Crippen LogP) is 4.30. The molecule has 0 aliphatic carbocycles. The van der Waals surface area contributed by atoms with E-state index in [0.29, 0.717) is 8.95 Å². The topological polar surface area (TPSA) is 66.4 Å². The van der Waals surface area contributed by atoms with Crippen molar-refractivity contribution in [2.45, 2.75) is 0 Å². The van der Waals surface area contributed by atoms with Gasteiger partial charge in [0.2, 0.25) is 0 Å². The lowest BCUT2D eigenvalue weighted by atomic mass is 10.1. The molecule has 7 heteroatoms. The van der Waals surface area contributed by atoms with Crippen LogP contribution in [0.3, 0.4) is 0 Å². The SMILES string of the molecule is O=C(O)c1ccc(Br)c(NC(=O)c2cc(F)ccc2Br)c1. The van der Waals surface area contributed by atoms with E-state index >= 15 is 0 Å². The van der Waals surface area contributed by atoms with Crippen molar-refractivity contribution >= 4 is 49.4 Å². The second kappa shape index (κ2) is 6.36. The summed E-state index contributed by atoms with van der Waals surface area (Å²) < 4.78 is 14.2. The van der Waals surface area contributed by atoms with Gasteiger partial charge in [-0.3, -0.25) is 4.79 Å². The van der Waals surface area contributed by atoms with E-state index in [0.717, 1.165) is 6.07 Å². The van der Waals surface area contributed by atoms with E-state index < -0.39 is 17.7 Å². The Morgan fingerprint density at radius 1 is 1.05 bits per heavy atom. The van der Waals surface area contributed by atoms with Gasteiger partial charge in [-0.25, -0.2) is 9.18 Å². The number of hydrogen-bond donors (Lipinski definition) is 2. The Morgan fingerprint density at radius 3 is 2.38 bits per heavy atom. The molecule has 0 fully saturated rings. The molecule has 21 heavy (non-hydrogen) atoms. The highest BCUT2D eigenvalue weighted by Crippen LogP contribution is 2.26. The first kappa shape index (κ1) is 15.7. The quantitative estimate of drug-likeness (QED) is 0.783. The maximum atomic E-state index is 13.2. The molecule has 0 aliphatic rings. The number of carbonyl (C=O) groups is 2. The number of anilines is 1. The summed E-state index contributed by atoms with van der Waals surface area (Å²) in [4.78, 5) is 23.1. The van der Waals surface area contributed by atoms with Crippen molar-refractivity contribution in [2.24, 2.45) is 0 Å². The first-order valence-corrected chi connectivity index (χ1v) is 7.26. The summed E-state index contributed by atoms with van der Waals surface area (Å²) in [5, 5.41) is 11.5. The Hall–Kier alpha value is -1.73. The van der Waals surface area contributed by atoms with E-state index in [4.69, 9.17) is 5.11 Å². The summed E-state index contributed by atoms with van der Waals surface area (Å²) >= 11 is 6.39. The zero-order chi connectivity index (χ0) is 15.6. The van der Waals surface area contributed by atoms with Crippen molar-refractivity contribution in [3.8, 4) is 0 Å². The number of benzene rings is 2. The summed E-state index contributed by atoms with van der Waals surface area (Å²) in [5.41, 5.74) is 0.436. The largest absolute Gasteiger partial charge is 0.478 e. The monoisotopic (exact) mass is 415 g/mol. The van der Waals surface area contributed by atoms with E-state index in [1.165, 1.54) is 30.3 Å². The molecule has 1 amide bonds. The molecule has 2 N–H and O–H groups in total. The average Bonchev–Trinajstić information content (AvgIpc) is 2.43. The third-order valence-electron chi connectivity index (χ3n) is 2.63. The lowest BCUT2D eigenvalue weighted by molar-refractivity contribution is 0.0696. The minimum Gasteiger partial charge on any atom is -0.478 e. The predicted molar refractivity (Wildman–Crippen MR) is 83.2 cm³/mol. The van der Waals surface area contributed by atoms with Crippen LogP contribution >= 0.6 is 31.9 Å². The fourth-order valence-electron chi connectivity index (χ4n) is 1.62. The Bertz CT molecular complexity index is 734. The summed E-state index contributed by atoms with van der Waals surface area (Å²) in [6.45, 7) is 0. The second-order valence-electron chi connectivity index (χ2n) is 4.08. The number of carboxylic acids is 1. The Balaban J connectivity index is 2.33. The summed E-state index contributed by atoms with van der Waals surface area (Å²) in [5.74, 6) is -2.20. The maximum Gasteiger partial charge on any atom is 0.335 e. The first-order chi connectivity index (χ1) is 9.88. The Morgan fingerprint density at radius 2 is 1.71 bits per heavy atom. The fourth-order valence-corrected chi connectivity index (χ4v) is 2.39. The second-order valence-corrected chi connectivity index (χ2v) is 5.79. The highest BCUT2D eigenvalue weighted by atomic mass is 79.9. The van der Waals surface area contributed by atoms with Gasteiger partial charge < -0.3 is 10.4 Å². The molecule has 4 nitrogen and oxygen atoms in total. The molecule has 0 saturated carbocycles. The van der Waals surface area contributed by atoms with Crippen molar-refractivity contribution < 1.29 is 19.1 Å². The number of carboxylic acid groups (broad SMARTS) is 1. The number of nitrogens with one attached hydrogen (secondary N) is 1. The molecule has 0 atom stereocenters. The Kier molecular flexibility index (Phi) is 4.74. The number of hydrogen-bond acceptors (Lipinski definition) is 2. The molecule has 2 rings (SSSR count). The molecule has 0 spiro atoms. The molecule has 0 heterocycles. The number of halogens is 3. The van der Waals surface area contributed by atoms with E-state index in [9.17, 15) is 14.0 Å². The van der Waals surface area contributed by atoms with Gasteiger partial charge in [0.05, 0.1) is 16.8 Å². The number of aromatic carboxylic acids is 1. The van der Waals surface area contributed by atoms with E-state index in [1.54, 1.807) is 0 Å². The normalized spacial score (nSPS) is 10.2. The molecule has 2 aromatic carbocycles. The number of amides is 1. The van der Waals surface area contributed by atoms with Gasteiger partial charge in [0, 0.05) is 8.95 Å². The van der Waals surface area contributed by atoms with Crippen molar-refractivity contribution in [3.63, 3.8) is 0 Å². The first-order valence-electron chi connectivity index (χ1n) is 5.67. The van der Waals surface area contributed by atoms with Gasteiger partial charge in [-0.1, -0.05) is 0 Å². The molecule has 0 aromatic heterocycles. The Labute approximate surface area is 136 Å². The van der Waals surface area contributed by atoms with Gasteiger partial charge in [-0.15, -0.1) is 0 Å². The number of rotatable bonds is 3. The van der Waals surface area contributed by atoms with Gasteiger partial charge in [-0.2, -0.15) is 0 Å². The zero-order valence-electron chi connectivity index (χ0n) is 10.4. The summed E-state index contributed by atoms with van der Waals surface area (Å²) in [6, 6.07) is 7.97. The van der Waals surface area contributed by atoms with E-state index in [-0.39, 0.29) is 16.8 Å². The molecule has 0 bridgehead atoms. The molecular weight excluding hydrogens is 409 g/mol. The van der Waals surface area contributed by atoms with Crippen LogP contribution in [0.25, 0.3) is 0 Å². The van der Waals surface area contributed by atoms with Gasteiger partial charge in [0.1, 0.15) is 5.82 Å². The van der Waals surface area contributed by atoms with Crippen molar-refractivity contribution in [1.29, 1.82) is 0 Å². The van der Waals surface area contributed by atoms with Crippen LogP contribution in [0.1, 0.15) is 20.7 Å². The maximum absolute atomic E-state index is 13.2. The van der Waals surface area contributed by atoms with Crippen LogP contribution in [0.5, 0.6) is 0 Å². The summed E-state index contributed by atoms with van der Waals surface area (Å²) in [7, 11) is 0. The van der Waals surface area contributed by atoms with Crippen LogP contribution in [-0.2, 0) is 0 Å². The van der Waals surface area contributed by atoms with Crippen LogP contribution in [0.2, 0.25) is 0 Å². The van der Waals surface area contributed by atoms with Crippen LogP contribution in [0.4, 0.5) is 10.1 Å². The van der Waals surface area contributed by atoms with Gasteiger partial charge in [0.15, 0.2) is 0 Å².